The maximum atomic E-state index is 9.07. The molecule has 0 bridgehead atoms. The number of nitriles is 1. The molecule has 0 aliphatic heterocycles. The largest absolute Gasteiger partial charge is 0.439 e. The van der Waals surface area contributed by atoms with Gasteiger partial charge in [0.25, 0.3) is 0 Å². The van der Waals surface area contributed by atoms with E-state index in [4.69, 9.17) is 21.6 Å². The first kappa shape index (κ1) is 14.3. The van der Waals surface area contributed by atoms with Crippen molar-refractivity contribution in [2.24, 2.45) is 0 Å². The molecule has 1 N–H and O–H groups in total. The van der Waals surface area contributed by atoms with Gasteiger partial charge in [-0.1, -0.05) is 23.7 Å². The van der Waals surface area contributed by atoms with Crippen LogP contribution in [0.2, 0.25) is 5.15 Å². The van der Waals surface area contributed by atoms with Crippen molar-refractivity contribution < 1.29 is 4.74 Å². The predicted octanol–water partition coefficient (Wildman–Crippen LogP) is 4.60. The number of benzene rings is 1. The Kier molecular flexibility index (Phi) is 4.19. The van der Waals surface area contributed by atoms with Crippen molar-refractivity contribution in [1.82, 2.24) is 9.36 Å². The molecule has 0 radical (unpaired) electrons. The minimum atomic E-state index is 0.205. The van der Waals surface area contributed by atoms with Crippen molar-refractivity contribution in [3.63, 3.8) is 0 Å². The van der Waals surface area contributed by atoms with Crippen LogP contribution in [0.3, 0.4) is 0 Å². The second-order valence-electron chi connectivity index (χ2n) is 4.21. The molecule has 5 nitrogen and oxygen atoms in total. The first-order valence-electron chi connectivity index (χ1n) is 6.27. The van der Waals surface area contributed by atoms with E-state index in [0.29, 0.717) is 22.2 Å². The number of pyridine rings is 1. The number of rotatable bonds is 4. The number of nitrogens with zero attached hydrogens (tertiary/aromatic N) is 3. The van der Waals surface area contributed by atoms with Gasteiger partial charge in [0, 0.05) is 24.0 Å². The standard InChI is InChI=1S/C15H9ClN4OS/c16-14-12(9-17)15(22-20-14)19-10-4-3-5-11(8-10)21-13-6-1-2-7-18-13/h1-8,19H. The lowest BCUT2D eigenvalue weighted by molar-refractivity contribution is 0.463. The molecule has 1 aromatic carbocycles. The van der Waals surface area contributed by atoms with Crippen LogP contribution in [0, 0.1) is 11.3 Å². The highest BCUT2D eigenvalue weighted by Crippen LogP contribution is 2.31. The fourth-order valence-corrected chi connectivity index (χ4v) is 2.71. The first-order chi connectivity index (χ1) is 10.8. The van der Waals surface area contributed by atoms with Gasteiger partial charge >= 0.3 is 0 Å². The summed E-state index contributed by atoms with van der Waals surface area (Å²) in [5, 5.41) is 13.0. The molecule has 7 heteroatoms. The van der Waals surface area contributed by atoms with Crippen molar-refractivity contribution in [1.29, 1.82) is 5.26 Å². The Hall–Kier alpha value is -2.62. The Bertz CT molecular complexity index is 829. The van der Waals surface area contributed by atoms with Crippen molar-refractivity contribution in [3.05, 3.63) is 59.4 Å². The lowest BCUT2D eigenvalue weighted by Gasteiger charge is -2.07. The summed E-state index contributed by atoms with van der Waals surface area (Å²) in [6.45, 7) is 0. The van der Waals surface area contributed by atoms with Crippen LogP contribution in [-0.4, -0.2) is 9.36 Å². The Balaban J connectivity index is 1.81. The summed E-state index contributed by atoms with van der Waals surface area (Å²) in [5.74, 6) is 1.15. The van der Waals surface area contributed by atoms with E-state index in [2.05, 4.69) is 14.7 Å². The molecule has 2 heterocycles. The smallest absolute Gasteiger partial charge is 0.219 e. The number of aromatic nitrogens is 2. The molecule has 0 saturated heterocycles. The maximum Gasteiger partial charge on any atom is 0.219 e. The van der Waals surface area contributed by atoms with Crippen molar-refractivity contribution in [2.75, 3.05) is 5.32 Å². The average molecular weight is 329 g/mol. The molecule has 0 unspecified atom stereocenters. The number of anilines is 2. The second-order valence-corrected chi connectivity index (χ2v) is 5.34. The van der Waals surface area contributed by atoms with Crippen LogP contribution in [0.15, 0.2) is 48.7 Å². The zero-order valence-corrected chi connectivity index (χ0v) is 12.7. The SMILES string of the molecule is N#Cc1c(Cl)nsc1Nc1cccc(Oc2ccccn2)c1. The van der Waals surface area contributed by atoms with Crippen LogP contribution in [0.1, 0.15) is 5.56 Å². The summed E-state index contributed by atoms with van der Waals surface area (Å²) in [7, 11) is 0. The van der Waals surface area contributed by atoms with Crippen molar-refractivity contribution in [3.8, 4) is 17.7 Å². The topological polar surface area (TPSA) is 70.8 Å². The third-order valence-electron chi connectivity index (χ3n) is 2.71. The number of nitrogens with one attached hydrogen (secondary N) is 1. The minimum absolute atomic E-state index is 0.205. The molecule has 3 rings (SSSR count). The average Bonchev–Trinajstić information content (AvgIpc) is 2.88. The molecule has 0 amide bonds. The lowest BCUT2D eigenvalue weighted by Crippen LogP contribution is -1.91. The van der Waals surface area contributed by atoms with Gasteiger partial charge in [0.1, 0.15) is 22.4 Å². The van der Waals surface area contributed by atoms with Crippen LogP contribution in [0.4, 0.5) is 10.7 Å². The molecule has 0 fully saturated rings. The molecule has 0 saturated carbocycles. The lowest BCUT2D eigenvalue weighted by atomic mass is 10.3. The minimum Gasteiger partial charge on any atom is -0.439 e. The Morgan fingerprint density at radius 1 is 1.23 bits per heavy atom. The van der Waals surface area contributed by atoms with E-state index < -0.39 is 0 Å². The molecule has 0 atom stereocenters. The number of ether oxygens (including phenoxy) is 1. The van der Waals surface area contributed by atoms with E-state index >= 15 is 0 Å². The Labute approximate surface area is 135 Å². The Morgan fingerprint density at radius 2 is 2.14 bits per heavy atom. The fourth-order valence-electron chi connectivity index (χ4n) is 1.75. The summed E-state index contributed by atoms with van der Waals surface area (Å²) >= 11 is 6.99. The monoisotopic (exact) mass is 328 g/mol. The van der Waals surface area contributed by atoms with Gasteiger partial charge in [-0.3, -0.25) is 0 Å². The molecule has 2 aromatic heterocycles. The number of hydrogen-bond acceptors (Lipinski definition) is 6. The van der Waals surface area contributed by atoms with Gasteiger partial charge < -0.3 is 10.1 Å². The number of hydrogen-bond donors (Lipinski definition) is 1. The van der Waals surface area contributed by atoms with E-state index in [1.165, 1.54) is 0 Å². The highest BCUT2D eigenvalue weighted by atomic mass is 35.5. The molecule has 0 spiro atoms. The van der Waals surface area contributed by atoms with E-state index in [1.807, 2.05) is 42.5 Å². The summed E-state index contributed by atoms with van der Waals surface area (Å²) in [6.07, 6.45) is 1.66. The van der Waals surface area contributed by atoms with Gasteiger partial charge in [0.2, 0.25) is 5.88 Å². The zero-order chi connectivity index (χ0) is 15.4. The fraction of sp³-hybridized carbons (Fsp3) is 0. The predicted molar refractivity (Wildman–Crippen MR) is 85.9 cm³/mol. The molecular weight excluding hydrogens is 320 g/mol. The maximum absolute atomic E-state index is 9.07. The van der Waals surface area contributed by atoms with Gasteiger partial charge in [-0.25, -0.2) is 4.98 Å². The normalized spacial score (nSPS) is 10.0. The van der Waals surface area contributed by atoms with Gasteiger partial charge in [-0.2, -0.15) is 9.64 Å². The van der Waals surface area contributed by atoms with Crippen molar-refractivity contribution in [2.45, 2.75) is 0 Å². The highest BCUT2D eigenvalue weighted by Gasteiger charge is 2.12. The van der Waals surface area contributed by atoms with Crippen LogP contribution in [-0.2, 0) is 0 Å². The van der Waals surface area contributed by atoms with Crippen LogP contribution in [0.5, 0.6) is 11.6 Å². The van der Waals surface area contributed by atoms with E-state index in [-0.39, 0.29) is 5.15 Å². The highest BCUT2D eigenvalue weighted by molar-refractivity contribution is 7.10. The van der Waals surface area contributed by atoms with Gasteiger partial charge in [0.05, 0.1) is 0 Å². The third-order valence-corrected chi connectivity index (χ3v) is 3.85. The molecule has 3 aromatic rings. The van der Waals surface area contributed by atoms with Crippen LogP contribution >= 0.6 is 23.1 Å². The molecule has 0 aliphatic carbocycles. The van der Waals surface area contributed by atoms with E-state index in [0.717, 1.165) is 17.2 Å². The van der Waals surface area contributed by atoms with Crippen molar-refractivity contribution >= 4 is 33.8 Å². The zero-order valence-electron chi connectivity index (χ0n) is 11.2. The third kappa shape index (κ3) is 3.17. The van der Waals surface area contributed by atoms with E-state index in [1.54, 1.807) is 12.3 Å². The van der Waals surface area contributed by atoms with Gasteiger partial charge in [-0.15, -0.1) is 0 Å². The first-order valence-corrected chi connectivity index (χ1v) is 7.42. The molecule has 0 aliphatic rings. The molecule has 108 valence electrons. The van der Waals surface area contributed by atoms with Crippen LogP contribution in [0.25, 0.3) is 0 Å². The number of halogens is 1. The van der Waals surface area contributed by atoms with Crippen LogP contribution < -0.4 is 10.1 Å². The summed E-state index contributed by atoms with van der Waals surface area (Å²) in [6, 6.07) is 14.8. The summed E-state index contributed by atoms with van der Waals surface area (Å²) < 4.78 is 9.62. The summed E-state index contributed by atoms with van der Waals surface area (Å²) in [5.41, 5.74) is 1.10. The van der Waals surface area contributed by atoms with E-state index in [9.17, 15) is 0 Å². The molecule has 22 heavy (non-hydrogen) atoms. The van der Waals surface area contributed by atoms with Gasteiger partial charge in [0.15, 0.2) is 5.15 Å². The second kappa shape index (κ2) is 6.43. The Morgan fingerprint density at radius 3 is 2.91 bits per heavy atom. The molecular formula is C15H9ClN4OS. The quantitative estimate of drug-likeness (QED) is 0.757. The summed E-state index contributed by atoms with van der Waals surface area (Å²) in [4.78, 5) is 4.11. The van der Waals surface area contributed by atoms with Gasteiger partial charge in [-0.05, 0) is 29.7 Å².